The number of ether oxygens (including phenoxy) is 1. The third-order valence-electron chi connectivity index (χ3n) is 3.33. The Morgan fingerprint density at radius 2 is 1.72 bits per heavy atom. The Morgan fingerprint density at radius 3 is 2.28 bits per heavy atom. The molecule has 29 heavy (non-hydrogen) atoms. The van der Waals surface area contributed by atoms with Crippen molar-refractivity contribution >= 4 is 23.5 Å². The van der Waals surface area contributed by atoms with Crippen molar-refractivity contribution in [3.8, 4) is 0 Å². The van der Waals surface area contributed by atoms with E-state index in [-0.39, 0.29) is 5.56 Å². The lowest BCUT2D eigenvalue weighted by atomic mass is 10.0. The predicted octanol–water partition coefficient (Wildman–Crippen LogP) is -3.06. The van der Waals surface area contributed by atoms with E-state index in [0.29, 0.717) is 0 Å². The molecule has 0 radical (unpaired) electrons. The lowest BCUT2D eigenvalue weighted by Crippen LogP contribution is -2.34. The van der Waals surface area contributed by atoms with E-state index < -0.39 is 65.7 Å². The quantitative estimate of drug-likeness (QED) is 0.181. The maximum atomic E-state index is 11.7. The molecule has 0 bridgehead atoms. The minimum Gasteiger partial charge on any atom is -0.756 e. The number of aliphatic hydroxyl groups excluding tert-OH is 2. The highest BCUT2D eigenvalue weighted by Crippen LogP contribution is 2.65. The van der Waals surface area contributed by atoms with Crippen molar-refractivity contribution < 1.29 is 61.4 Å². The van der Waals surface area contributed by atoms with Gasteiger partial charge in [-0.1, -0.05) is 0 Å². The number of hydrogen-bond donors (Lipinski definition) is 7. The van der Waals surface area contributed by atoms with Crippen LogP contribution in [0.15, 0.2) is 15.8 Å². The van der Waals surface area contributed by atoms with Crippen LogP contribution in [0.25, 0.3) is 0 Å². The van der Waals surface area contributed by atoms with E-state index >= 15 is 0 Å². The molecular weight excluding hydrogens is 469 g/mol. The van der Waals surface area contributed by atoms with Gasteiger partial charge in [0, 0.05) is 6.20 Å². The second-order valence-electron chi connectivity index (χ2n) is 5.47. The highest BCUT2D eigenvalue weighted by Gasteiger charge is 2.45. The normalized spacial score (nSPS) is 29.3. The van der Waals surface area contributed by atoms with E-state index in [4.69, 9.17) is 19.4 Å². The molecule has 1 fully saturated rings. The Labute approximate surface area is 159 Å². The highest BCUT2D eigenvalue weighted by molar-refractivity contribution is 7.66. The van der Waals surface area contributed by atoms with Crippen LogP contribution in [0.3, 0.4) is 0 Å². The summed E-state index contributed by atoms with van der Waals surface area (Å²) in [4.78, 5) is 64.1. The van der Waals surface area contributed by atoms with Crippen LogP contribution < -0.4 is 16.1 Å². The first-order chi connectivity index (χ1) is 13.1. The average molecular weight is 483 g/mol. The number of aromatic amines is 2. The number of hydrogen-bond acceptors (Lipinski definition) is 12. The van der Waals surface area contributed by atoms with Gasteiger partial charge in [0.25, 0.3) is 13.4 Å². The molecule has 2 heterocycles. The second kappa shape index (κ2) is 8.61. The van der Waals surface area contributed by atoms with Gasteiger partial charge in [0.15, 0.2) is 0 Å². The molecule has 7 N–H and O–H groups in total. The molecule has 2 rings (SSSR count). The number of H-pyrrole nitrogens is 2. The topological polar surface area (TPSA) is 278 Å². The zero-order valence-corrected chi connectivity index (χ0v) is 16.4. The molecule has 20 heteroatoms. The average Bonchev–Trinajstić information content (AvgIpc) is 2.78. The SMILES string of the molecule is O=c1[nH]cc([C@@H]2O[C@H](COP(=O)([O-])OP(=O)(O)OP(=O)(O)O)C(O)C2O)c(=O)[nH]1. The predicted molar refractivity (Wildman–Crippen MR) is 84.9 cm³/mol. The summed E-state index contributed by atoms with van der Waals surface area (Å²) in [5.74, 6) is 0. The zero-order valence-electron chi connectivity index (χ0n) is 13.8. The van der Waals surface area contributed by atoms with Gasteiger partial charge in [-0.15, -0.1) is 0 Å². The molecule has 0 saturated carbocycles. The van der Waals surface area contributed by atoms with Crippen molar-refractivity contribution in [2.24, 2.45) is 0 Å². The van der Waals surface area contributed by atoms with Crippen LogP contribution in [0.2, 0.25) is 0 Å². The van der Waals surface area contributed by atoms with E-state index in [9.17, 15) is 38.4 Å². The Kier molecular flexibility index (Phi) is 7.20. The highest BCUT2D eigenvalue weighted by atomic mass is 31.3. The fourth-order valence-electron chi connectivity index (χ4n) is 2.24. The molecule has 1 aliphatic rings. The first kappa shape index (κ1) is 24.2. The van der Waals surface area contributed by atoms with Crippen molar-refractivity contribution in [3.63, 3.8) is 0 Å². The molecule has 0 spiro atoms. The molecule has 0 amide bonds. The van der Waals surface area contributed by atoms with Gasteiger partial charge < -0.3 is 44.0 Å². The van der Waals surface area contributed by atoms with E-state index in [1.807, 2.05) is 4.98 Å². The van der Waals surface area contributed by atoms with E-state index in [2.05, 4.69) is 18.1 Å². The molecule has 1 aliphatic heterocycles. The number of nitrogens with one attached hydrogen (secondary N) is 2. The van der Waals surface area contributed by atoms with Crippen LogP contribution in [-0.4, -0.2) is 59.8 Å². The largest absolute Gasteiger partial charge is 0.756 e. The maximum Gasteiger partial charge on any atom is 0.487 e. The molecule has 6 atom stereocenters. The Balaban J connectivity index is 2.06. The Morgan fingerprint density at radius 1 is 1.10 bits per heavy atom. The third kappa shape index (κ3) is 6.73. The van der Waals surface area contributed by atoms with Gasteiger partial charge in [0.2, 0.25) is 0 Å². The fourth-order valence-corrected chi connectivity index (χ4v) is 5.23. The van der Waals surface area contributed by atoms with Crippen molar-refractivity contribution in [2.75, 3.05) is 6.61 Å². The first-order valence-corrected chi connectivity index (χ1v) is 11.7. The van der Waals surface area contributed by atoms with Gasteiger partial charge in [-0.05, 0) is 0 Å². The number of phosphoric acid groups is 3. The van der Waals surface area contributed by atoms with Crippen molar-refractivity contribution in [1.29, 1.82) is 0 Å². The van der Waals surface area contributed by atoms with Crippen molar-refractivity contribution in [2.45, 2.75) is 24.4 Å². The monoisotopic (exact) mass is 483 g/mol. The number of aromatic nitrogens is 2. The Bertz CT molecular complexity index is 997. The standard InChI is InChI=1S/C9H15N2O15P3/c12-5-4(2-23-28(19,20)26-29(21,22)25-27(16,17)18)24-7(6(5)13)3-1-10-9(15)11-8(3)14/h1,4-7,12-13H,2H2,(H,19,20)(H,21,22)(H2,16,17,18)(H2,10,11,14,15)/p-1/t4-,5?,6?,7+/m1/s1. The summed E-state index contributed by atoms with van der Waals surface area (Å²) in [6, 6.07) is 0. The number of phosphoric ester groups is 1. The molecule has 0 aliphatic carbocycles. The number of aliphatic hydroxyl groups is 2. The van der Waals surface area contributed by atoms with Crippen LogP contribution in [-0.2, 0) is 31.6 Å². The molecule has 4 unspecified atom stereocenters. The summed E-state index contributed by atoms with van der Waals surface area (Å²) in [5.41, 5.74) is -2.13. The van der Waals surface area contributed by atoms with Crippen molar-refractivity contribution in [1.82, 2.24) is 9.97 Å². The Hall–Kier alpha value is -1.03. The van der Waals surface area contributed by atoms with Gasteiger partial charge >= 0.3 is 21.3 Å². The second-order valence-corrected chi connectivity index (χ2v) is 9.85. The maximum absolute atomic E-state index is 11.7. The molecule has 17 nitrogen and oxygen atoms in total. The summed E-state index contributed by atoms with van der Waals surface area (Å²) in [6.45, 7) is -1.10. The minimum absolute atomic E-state index is 0.310. The summed E-state index contributed by atoms with van der Waals surface area (Å²) >= 11 is 0. The van der Waals surface area contributed by atoms with Crippen LogP contribution >= 0.6 is 23.5 Å². The molecule has 1 saturated heterocycles. The summed E-state index contributed by atoms with van der Waals surface area (Å²) in [6.07, 6.45) is -5.78. The van der Waals surface area contributed by atoms with Crippen LogP contribution in [0.1, 0.15) is 11.7 Å². The lowest BCUT2D eigenvalue weighted by molar-refractivity contribution is -0.220. The molecule has 1 aromatic heterocycles. The van der Waals surface area contributed by atoms with Gasteiger partial charge in [0.05, 0.1) is 12.2 Å². The molecule has 0 aromatic carbocycles. The smallest absolute Gasteiger partial charge is 0.487 e. The molecular formula is C9H14N2O15P3-. The van der Waals surface area contributed by atoms with Crippen LogP contribution in [0, 0.1) is 0 Å². The summed E-state index contributed by atoms with van der Waals surface area (Å²) < 4.78 is 49.4. The van der Waals surface area contributed by atoms with Crippen LogP contribution in [0.4, 0.5) is 0 Å². The number of rotatable bonds is 8. The zero-order chi connectivity index (χ0) is 22.2. The van der Waals surface area contributed by atoms with Crippen molar-refractivity contribution in [3.05, 3.63) is 32.6 Å². The summed E-state index contributed by atoms with van der Waals surface area (Å²) in [5, 5.41) is 19.9. The third-order valence-corrected chi connectivity index (χ3v) is 7.09. The fraction of sp³-hybridized carbons (Fsp3) is 0.556. The lowest BCUT2D eigenvalue weighted by Gasteiger charge is -2.26. The van der Waals surface area contributed by atoms with E-state index in [0.717, 1.165) is 6.20 Å². The van der Waals surface area contributed by atoms with E-state index in [1.165, 1.54) is 0 Å². The molecule has 1 aromatic rings. The van der Waals surface area contributed by atoms with Gasteiger partial charge in [-0.3, -0.25) is 14.3 Å². The van der Waals surface area contributed by atoms with Gasteiger partial charge in [-0.2, -0.15) is 4.31 Å². The van der Waals surface area contributed by atoms with E-state index in [1.54, 1.807) is 0 Å². The minimum atomic E-state index is -5.79. The van der Waals surface area contributed by atoms with Gasteiger partial charge in [-0.25, -0.2) is 18.2 Å². The van der Waals surface area contributed by atoms with Crippen LogP contribution in [0.5, 0.6) is 0 Å². The van der Waals surface area contributed by atoms with Gasteiger partial charge in [0.1, 0.15) is 24.4 Å². The molecule has 166 valence electrons. The first-order valence-electron chi connectivity index (χ1n) is 7.20. The summed E-state index contributed by atoms with van der Waals surface area (Å²) in [7, 11) is -17.1.